The molecular formula is C11H11FN2O. The van der Waals surface area contributed by atoms with E-state index in [1.165, 1.54) is 12.1 Å². The Balaban J connectivity index is 2.07. The van der Waals surface area contributed by atoms with Gasteiger partial charge >= 0.3 is 0 Å². The lowest BCUT2D eigenvalue weighted by Gasteiger charge is -2.07. The maximum atomic E-state index is 12.9. The van der Waals surface area contributed by atoms with E-state index in [4.69, 9.17) is 4.52 Å². The Hall–Kier alpha value is -1.84. The molecule has 0 amide bonds. The number of aryl methyl sites for hydroxylation is 1. The van der Waals surface area contributed by atoms with E-state index in [0.29, 0.717) is 6.54 Å². The van der Waals surface area contributed by atoms with E-state index >= 15 is 0 Å². The molecule has 2 aromatic rings. The van der Waals surface area contributed by atoms with E-state index in [1.54, 1.807) is 18.5 Å². The summed E-state index contributed by atoms with van der Waals surface area (Å²) in [5, 5.41) is 6.70. The molecule has 78 valence electrons. The molecule has 0 radical (unpaired) electrons. The Kier molecular flexibility index (Phi) is 2.67. The summed E-state index contributed by atoms with van der Waals surface area (Å²) in [6.07, 6.45) is 3.18. The maximum absolute atomic E-state index is 12.9. The number of anilines is 1. The van der Waals surface area contributed by atoms with E-state index in [0.717, 1.165) is 16.8 Å². The van der Waals surface area contributed by atoms with Gasteiger partial charge in [-0.25, -0.2) is 4.39 Å². The Morgan fingerprint density at radius 1 is 1.47 bits per heavy atom. The van der Waals surface area contributed by atoms with Crippen LogP contribution in [0.3, 0.4) is 0 Å². The number of nitrogens with zero attached hydrogens (tertiary/aromatic N) is 1. The number of nitrogens with one attached hydrogen (secondary N) is 1. The van der Waals surface area contributed by atoms with Gasteiger partial charge in [0.05, 0.1) is 6.20 Å². The molecule has 0 unspecified atom stereocenters. The molecule has 1 N–H and O–H groups in total. The van der Waals surface area contributed by atoms with Crippen molar-refractivity contribution in [1.29, 1.82) is 0 Å². The normalized spacial score (nSPS) is 10.3. The molecule has 0 bridgehead atoms. The monoisotopic (exact) mass is 206 g/mol. The highest BCUT2D eigenvalue weighted by Gasteiger charge is 2.01. The predicted molar refractivity (Wildman–Crippen MR) is 55.0 cm³/mol. The molecule has 2 rings (SSSR count). The number of hydrogen-bond acceptors (Lipinski definition) is 3. The molecule has 0 saturated carbocycles. The van der Waals surface area contributed by atoms with Gasteiger partial charge in [0.2, 0.25) is 0 Å². The summed E-state index contributed by atoms with van der Waals surface area (Å²) in [6, 6.07) is 4.66. The second-order valence-electron chi connectivity index (χ2n) is 3.35. The molecule has 1 aromatic carbocycles. The fourth-order valence-corrected chi connectivity index (χ4v) is 1.30. The Bertz CT molecular complexity index is 440. The lowest BCUT2D eigenvalue weighted by Crippen LogP contribution is -2.00. The first-order valence-corrected chi connectivity index (χ1v) is 4.64. The van der Waals surface area contributed by atoms with Crippen LogP contribution in [0, 0.1) is 12.7 Å². The number of rotatable bonds is 3. The molecular weight excluding hydrogens is 195 g/mol. The van der Waals surface area contributed by atoms with Crippen LogP contribution in [-0.2, 0) is 6.54 Å². The second kappa shape index (κ2) is 4.13. The van der Waals surface area contributed by atoms with Crippen molar-refractivity contribution in [2.75, 3.05) is 5.32 Å². The fourth-order valence-electron chi connectivity index (χ4n) is 1.30. The van der Waals surface area contributed by atoms with E-state index in [9.17, 15) is 4.39 Å². The molecule has 3 nitrogen and oxygen atoms in total. The van der Waals surface area contributed by atoms with Crippen LogP contribution in [-0.4, -0.2) is 5.16 Å². The second-order valence-corrected chi connectivity index (χ2v) is 3.35. The fraction of sp³-hybridized carbons (Fsp3) is 0.182. The van der Waals surface area contributed by atoms with Gasteiger partial charge in [0.15, 0.2) is 0 Å². The molecule has 0 atom stereocenters. The van der Waals surface area contributed by atoms with E-state index in [2.05, 4.69) is 10.5 Å². The molecule has 0 aliphatic carbocycles. The number of benzene rings is 1. The summed E-state index contributed by atoms with van der Waals surface area (Å²) in [7, 11) is 0. The van der Waals surface area contributed by atoms with Crippen LogP contribution in [0.5, 0.6) is 0 Å². The van der Waals surface area contributed by atoms with Gasteiger partial charge in [-0.05, 0) is 24.6 Å². The van der Waals surface area contributed by atoms with Gasteiger partial charge in [-0.2, -0.15) is 0 Å². The Morgan fingerprint density at radius 2 is 2.33 bits per heavy atom. The minimum Gasteiger partial charge on any atom is -0.380 e. The number of hydrogen-bond donors (Lipinski definition) is 1. The minimum absolute atomic E-state index is 0.242. The average molecular weight is 206 g/mol. The van der Waals surface area contributed by atoms with Crippen molar-refractivity contribution in [2.24, 2.45) is 0 Å². The van der Waals surface area contributed by atoms with Crippen molar-refractivity contribution in [3.05, 3.63) is 47.6 Å². The van der Waals surface area contributed by atoms with E-state index in [1.807, 2.05) is 6.92 Å². The standard InChI is InChI=1S/C11H11FN2O/c1-8-2-3-10(12)4-11(8)13-5-9-6-14-15-7-9/h2-4,6-7,13H,5H2,1H3. The predicted octanol–water partition coefficient (Wildman–Crippen LogP) is 2.73. The van der Waals surface area contributed by atoms with Gasteiger partial charge in [0.25, 0.3) is 0 Å². The van der Waals surface area contributed by atoms with E-state index < -0.39 is 0 Å². The Morgan fingerprint density at radius 3 is 3.07 bits per heavy atom. The molecule has 0 saturated heterocycles. The van der Waals surface area contributed by atoms with Gasteiger partial charge < -0.3 is 9.84 Å². The Labute approximate surface area is 86.9 Å². The molecule has 1 aromatic heterocycles. The summed E-state index contributed by atoms with van der Waals surface area (Å²) in [5.74, 6) is -0.242. The van der Waals surface area contributed by atoms with Crippen molar-refractivity contribution in [2.45, 2.75) is 13.5 Å². The topological polar surface area (TPSA) is 38.1 Å². The molecule has 1 heterocycles. The molecule has 0 spiro atoms. The first-order valence-electron chi connectivity index (χ1n) is 4.64. The molecule has 15 heavy (non-hydrogen) atoms. The van der Waals surface area contributed by atoms with Crippen LogP contribution in [0.25, 0.3) is 0 Å². The van der Waals surface area contributed by atoms with Crippen LogP contribution in [0.4, 0.5) is 10.1 Å². The van der Waals surface area contributed by atoms with Crippen LogP contribution in [0.2, 0.25) is 0 Å². The third-order valence-corrected chi connectivity index (χ3v) is 2.17. The van der Waals surface area contributed by atoms with Crippen molar-refractivity contribution in [3.8, 4) is 0 Å². The van der Waals surface area contributed by atoms with Gasteiger partial charge in [-0.15, -0.1) is 0 Å². The van der Waals surface area contributed by atoms with Gasteiger partial charge in [0, 0.05) is 17.8 Å². The van der Waals surface area contributed by atoms with Crippen molar-refractivity contribution in [1.82, 2.24) is 5.16 Å². The SMILES string of the molecule is Cc1ccc(F)cc1NCc1cnoc1. The van der Waals surface area contributed by atoms with Crippen LogP contribution < -0.4 is 5.32 Å². The average Bonchev–Trinajstić information content (AvgIpc) is 2.72. The number of aromatic nitrogens is 1. The highest BCUT2D eigenvalue weighted by molar-refractivity contribution is 5.50. The lowest BCUT2D eigenvalue weighted by molar-refractivity contribution is 0.419. The minimum atomic E-state index is -0.242. The smallest absolute Gasteiger partial charge is 0.128 e. The first kappa shape index (κ1) is 9.71. The summed E-state index contributed by atoms with van der Waals surface area (Å²) in [4.78, 5) is 0. The van der Waals surface area contributed by atoms with Crippen LogP contribution in [0.15, 0.2) is 35.2 Å². The summed E-state index contributed by atoms with van der Waals surface area (Å²) >= 11 is 0. The quantitative estimate of drug-likeness (QED) is 0.839. The molecule has 0 fully saturated rings. The zero-order chi connectivity index (χ0) is 10.7. The third-order valence-electron chi connectivity index (χ3n) is 2.17. The van der Waals surface area contributed by atoms with Gasteiger partial charge in [-0.1, -0.05) is 11.2 Å². The van der Waals surface area contributed by atoms with Crippen molar-refractivity contribution in [3.63, 3.8) is 0 Å². The number of halogens is 1. The van der Waals surface area contributed by atoms with Crippen molar-refractivity contribution >= 4 is 5.69 Å². The van der Waals surface area contributed by atoms with Crippen molar-refractivity contribution < 1.29 is 8.91 Å². The van der Waals surface area contributed by atoms with Gasteiger partial charge in [0.1, 0.15) is 12.1 Å². The van der Waals surface area contributed by atoms with Gasteiger partial charge in [-0.3, -0.25) is 0 Å². The molecule has 0 aliphatic rings. The van der Waals surface area contributed by atoms with Crippen LogP contribution in [0.1, 0.15) is 11.1 Å². The highest BCUT2D eigenvalue weighted by Crippen LogP contribution is 2.16. The summed E-state index contributed by atoms with van der Waals surface area (Å²) < 4.78 is 17.6. The zero-order valence-corrected chi connectivity index (χ0v) is 8.33. The molecule has 4 heteroatoms. The van der Waals surface area contributed by atoms with E-state index in [-0.39, 0.29) is 5.82 Å². The largest absolute Gasteiger partial charge is 0.380 e. The summed E-state index contributed by atoms with van der Waals surface area (Å²) in [6.45, 7) is 2.50. The molecule has 0 aliphatic heterocycles. The van der Waals surface area contributed by atoms with Crippen LogP contribution >= 0.6 is 0 Å². The lowest BCUT2D eigenvalue weighted by atomic mass is 10.2. The maximum Gasteiger partial charge on any atom is 0.128 e. The zero-order valence-electron chi connectivity index (χ0n) is 8.33. The first-order chi connectivity index (χ1) is 7.25. The third kappa shape index (κ3) is 2.34. The summed E-state index contributed by atoms with van der Waals surface area (Å²) in [5.41, 5.74) is 2.72. The highest BCUT2D eigenvalue weighted by atomic mass is 19.1.